The second kappa shape index (κ2) is 7.59. The van der Waals surface area contributed by atoms with E-state index < -0.39 is 0 Å². The van der Waals surface area contributed by atoms with Crippen molar-refractivity contribution in [1.29, 1.82) is 0 Å². The third-order valence-corrected chi connectivity index (χ3v) is 5.56. The summed E-state index contributed by atoms with van der Waals surface area (Å²) in [4.78, 5) is 17.8. The minimum atomic E-state index is -0.0709. The Bertz CT molecular complexity index is 325. The summed E-state index contributed by atoms with van der Waals surface area (Å²) < 4.78 is 0. The van der Waals surface area contributed by atoms with Gasteiger partial charge in [-0.1, -0.05) is 20.3 Å². The zero-order valence-corrected chi connectivity index (χ0v) is 14.2. The van der Waals surface area contributed by atoms with E-state index >= 15 is 0 Å². The Kier molecular flexibility index (Phi) is 6.06. The molecule has 1 N–H and O–H groups in total. The number of nitrogens with zero attached hydrogens (tertiary/aromatic N) is 2. The summed E-state index contributed by atoms with van der Waals surface area (Å²) in [5.41, 5.74) is -0.0709. The van der Waals surface area contributed by atoms with Crippen LogP contribution in [0.2, 0.25) is 0 Å². The summed E-state index contributed by atoms with van der Waals surface area (Å²) in [6.45, 7) is 12.7. The highest BCUT2D eigenvalue weighted by Gasteiger charge is 2.41. The third kappa shape index (κ3) is 3.78. The molecule has 2 fully saturated rings. The number of amides is 1. The summed E-state index contributed by atoms with van der Waals surface area (Å²) in [5.74, 6) is 0.439. The SMILES string of the molecule is CCCC1(C(=O)N2CCN(C(C)CC)CC2)CCNCC1. The van der Waals surface area contributed by atoms with E-state index in [0.29, 0.717) is 11.9 Å². The summed E-state index contributed by atoms with van der Waals surface area (Å²) in [6, 6.07) is 0.644. The van der Waals surface area contributed by atoms with Crippen LogP contribution >= 0.6 is 0 Å². The second-order valence-electron chi connectivity index (χ2n) is 6.87. The number of nitrogens with one attached hydrogen (secondary N) is 1. The Labute approximate surface area is 130 Å². The van der Waals surface area contributed by atoms with Crippen molar-refractivity contribution in [2.24, 2.45) is 5.41 Å². The monoisotopic (exact) mass is 295 g/mol. The maximum Gasteiger partial charge on any atom is 0.228 e. The first-order valence-electron chi connectivity index (χ1n) is 8.87. The van der Waals surface area contributed by atoms with Gasteiger partial charge in [0.05, 0.1) is 5.41 Å². The first-order valence-corrected chi connectivity index (χ1v) is 8.87. The van der Waals surface area contributed by atoms with Gasteiger partial charge in [0.15, 0.2) is 0 Å². The summed E-state index contributed by atoms with van der Waals surface area (Å²) in [7, 11) is 0. The van der Waals surface area contributed by atoms with Crippen LogP contribution in [0.4, 0.5) is 0 Å². The lowest BCUT2D eigenvalue weighted by Gasteiger charge is -2.44. The molecular weight excluding hydrogens is 262 g/mol. The predicted octanol–water partition coefficient (Wildman–Crippen LogP) is 2.10. The van der Waals surface area contributed by atoms with Crippen LogP contribution in [0.3, 0.4) is 0 Å². The minimum absolute atomic E-state index is 0.0709. The van der Waals surface area contributed by atoms with Crippen LogP contribution in [-0.2, 0) is 4.79 Å². The van der Waals surface area contributed by atoms with Gasteiger partial charge >= 0.3 is 0 Å². The Morgan fingerprint density at radius 3 is 2.29 bits per heavy atom. The third-order valence-electron chi connectivity index (χ3n) is 5.56. The molecule has 0 spiro atoms. The molecule has 1 amide bonds. The van der Waals surface area contributed by atoms with Crippen molar-refractivity contribution in [3.63, 3.8) is 0 Å². The largest absolute Gasteiger partial charge is 0.340 e. The van der Waals surface area contributed by atoms with E-state index in [2.05, 4.69) is 35.9 Å². The standard InChI is InChI=1S/C17H33N3O/c1-4-6-17(7-9-18-10-8-17)16(21)20-13-11-19(12-14-20)15(3)5-2/h15,18H,4-14H2,1-3H3. The molecule has 2 aliphatic heterocycles. The average molecular weight is 295 g/mol. The summed E-state index contributed by atoms with van der Waals surface area (Å²) in [6.07, 6.45) is 5.40. The Morgan fingerprint density at radius 2 is 1.76 bits per heavy atom. The Morgan fingerprint density at radius 1 is 1.14 bits per heavy atom. The highest BCUT2D eigenvalue weighted by molar-refractivity contribution is 5.83. The van der Waals surface area contributed by atoms with E-state index in [1.807, 2.05) is 0 Å². The molecule has 122 valence electrons. The molecule has 0 saturated carbocycles. The van der Waals surface area contributed by atoms with Gasteiger partial charge in [-0.05, 0) is 45.7 Å². The zero-order chi connectivity index (χ0) is 15.3. The number of carbonyl (C=O) groups excluding carboxylic acids is 1. The van der Waals surface area contributed by atoms with Crippen molar-refractivity contribution in [3.05, 3.63) is 0 Å². The number of hydrogen-bond donors (Lipinski definition) is 1. The van der Waals surface area contributed by atoms with Gasteiger partial charge in [-0.15, -0.1) is 0 Å². The van der Waals surface area contributed by atoms with E-state index in [9.17, 15) is 4.79 Å². The van der Waals surface area contributed by atoms with Crippen molar-refractivity contribution in [3.8, 4) is 0 Å². The molecular formula is C17H33N3O. The summed E-state index contributed by atoms with van der Waals surface area (Å²) in [5, 5.41) is 3.41. The maximum atomic E-state index is 13.1. The van der Waals surface area contributed by atoms with E-state index in [1.165, 1.54) is 6.42 Å². The molecule has 1 unspecified atom stereocenters. The van der Waals surface area contributed by atoms with Crippen molar-refractivity contribution in [2.45, 2.75) is 58.9 Å². The zero-order valence-electron chi connectivity index (χ0n) is 14.2. The number of hydrogen-bond acceptors (Lipinski definition) is 3. The predicted molar refractivity (Wildman–Crippen MR) is 87.4 cm³/mol. The number of carbonyl (C=O) groups is 1. The second-order valence-corrected chi connectivity index (χ2v) is 6.87. The Hall–Kier alpha value is -0.610. The van der Waals surface area contributed by atoms with E-state index in [-0.39, 0.29) is 5.41 Å². The maximum absolute atomic E-state index is 13.1. The molecule has 0 aliphatic carbocycles. The molecule has 2 heterocycles. The molecule has 1 atom stereocenters. The lowest BCUT2D eigenvalue weighted by molar-refractivity contribution is -0.146. The molecule has 0 aromatic carbocycles. The molecule has 4 heteroatoms. The van der Waals surface area contributed by atoms with Crippen LogP contribution in [0.1, 0.15) is 52.9 Å². The van der Waals surface area contributed by atoms with Crippen molar-refractivity contribution >= 4 is 5.91 Å². The first kappa shape index (κ1) is 16.8. The van der Waals surface area contributed by atoms with Crippen LogP contribution < -0.4 is 5.32 Å². The van der Waals surface area contributed by atoms with E-state index in [4.69, 9.17) is 0 Å². The van der Waals surface area contributed by atoms with Gasteiger partial charge in [0.25, 0.3) is 0 Å². The molecule has 4 nitrogen and oxygen atoms in total. The van der Waals surface area contributed by atoms with Gasteiger partial charge in [0, 0.05) is 32.2 Å². The van der Waals surface area contributed by atoms with Gasteiger partial charge in [-0.2, -0.15) is 0 Å². The topological polar surface area (TPSA) is 35.6 Å². The van der Waals surface area contributed by atoms with E-state index in [0.717, 1.165) is 65.0 Å². The highest BCUT2D eigenvalue weighted by Crippen LogP contribution is 2.36. The van der Waals surface area contributed by atoms with Crippen LogP contribution in [0, 0.1) is 5.41 Å². The van der Waals surface area contributed by atoms with Crippen LogP contribution in [0.25, 0.3) is 0 Å². The molecule has 0 aromatic heterocycles. The number of rotatable bonds is 5. The molecule has 2 aliphatic rings. The van der Waals surface area contributed by atoms with Gasteiger partial charge in [0.1, 0.15) is 0 Å². The molecule has 21 heavy (non-hydrogen) atoms. The normalized spacial score (nSPS) is 24.8. The van der Waals surface area contributed by atoms with Crippen molar-refractivity contribution in [1.82, 2.24) is 15.1 Å². The fraction of sp³-hybridized carbons (Fsp3) is 0.941. The molecule has 0 bridgehead atoms. The smallest absolute Gasteiger partial charge is 0.228 e. The average Bonchev–Trinajstić information content (AvgIpc) is 2.54. The quantitative estimate of drug-likeness (QED) is 0.844. The number of piperidine rings is 1. The van der Waals surface area contributed by atoms with Crippen molar-refractivity contribution in [2.75, 3.05) is 39.3 Å². The lowest BCUT2D eigenvalue weighted by atomic mass is 9.74. The van der Waals surface area contributed by atoms with Gasteiger partial charge < -0.3 is 10.2 Å². The van der Waals surface area contributed by atoms with Gasteiger partial charge in [0.2, 0.25) is 5.91 Å². The fourth-order valence-electron chi connectivity index (χ4n) is 3.91. The highest BCUT2D eigenvalue weighted by atomic mass is 16.2. The van der Waals surface area contributed by atoms with Crippen molar-refractivity contribution < 1.29 is 4.79 Å². The van der Waals surface area contributed by atoms with Gasteiger partial charge in [-0.25, -0.2) is 0 Å². The Balaban J connectivity index is 1.96. The fourth-order valence-corrected chi connectivity index (χ4v) is 3.91. The lowest BCUT2D eigenvalue weighted by Crippen LogP contribution is -2.56. The first-order chi connectivity index (χ1) is 10.1. The minimum Gasteiger partial charge on any atom is -0.340 e. The van der Waals surface area contributed by atoms with Crippen LogP contribution in [-0.4, -0.2) is 61.0 Å². The van der Waals surface area contributed by atoms with Gasteiger partial charge in [-0.3, -0.25) is 9.69 Å². The molecule has 0 radical (unpaired) electrons. The molecule has 2 rings (SSSR count). The number of piperazine rings is 1. The van der Waals surface area contributed by atoms with Crippen LogP contribution in [0.15, 0.2) is 0 Å². The molecule has 2 saturated heterocycles. The molecule has 0 aromatic rings. The summed E-state index contributed by atoms with van der Waals surface area (Å²) >= 11 is 0. The van der Waals surface area contributed by atoms with Crippen LogP contribution in [0.5, 0.6) is 0 Å². The van der Waals surface area contributed by atoms with E-state index in [1.54, 1.807) is 0 Å².